The molecule has 6 unspecified atom stereocenters. The van der Waals surface area contributed by atoms with Crippen molar-refractivity contribution in [2.75, 3.05) is 0 Å². The van der Waals surface area contributed by atoms with E-state index in [-0.39, 0.29) is 10.8 Å². The molecule has 3 saturated carbocycles. The highest BCUT2D eigenvalue weighted by atomic mass is 14.7. The second-order valence-corrected chi connectivity index (χ2v) is 17.6. The number of hydrogen-bond acceptors (Lipinski definition) is 0. The van der Waals surface area contributed by atoms with Crippen LogP contribution in [0.4, 0.5) is 0 Å². The van der Waals surface area contributed by atoms with Gasteiger partial charge in [0.2, 0.25) is 0 Å². The van der Waals surface area contributed by atoms with Gasteiger partial charge in [-0.05, 0) is 139 Å². The molecule has 6 bridgehead atoms. The molecule has 0 spiro atoms. The lowest BCUT2D eigenvalue weighted by Gasteiger charge is -2.72. The second-order valence-electron chi connectivity index (χ2n) is 17.6. The molecule has 9 aliphatic carbocycles. The maximum absolute atomic E-state index is 2.74. The highest BCUT2D eigenvalue weighted by Crippen LogP contribution is 2.79. The van der Waals surface area contributed by atoms with Crippen molar-refractivity contribution in [3.05, 3.63) is 56.7 Å². The first-order chi connectivity index (χ1) is 18.5. The zero-order chi connectivity index (χ0) is 29.2. The zero-order valence-electron chi connectivity index (χ0n) is 28.3. The van der Waals surface area contributed by atoms with Crippen LogP contribution >= 0.6 is 0 Å². The molecule has 0 aliphatic heterocycles. The fourth-order valence-electron chi connectivity index (χ4n) is 11.8. The van der Waals surface area contributed by atoms with Crippen LogP contribution in [-0.2, 0) is 0 Å². The first-order valence-corrected chi connectivity index (χ1v) is 16.9. The van der Waals surface area contributed by atoms with E-state index in [1.165, 1.54) is 63.4 Å². The molecule has 9 aliphatic rings. The van der Waals surface area contributed by atoms with Gasteiger partial charge >= 0.3 is 0 Å². The Kier molecular flexibility index (Phi) is 6.38. The minimum Gasteiger partial charge on any atom is -0.0856 e. The predicted molar refractivity (Wildman–Crippen MR) is 173 cm³/mol. The maximum atomic E-state index is 2.74. The Morgan fingerprint density at radius 3 is 1.75 bits per heavy atom. The van der Waals surface area contributed by atoms with Crippen LogP contribution < -0.4 is 0 Å². The summed E-state index contributed by atoms with van der Waals surface area (Å²) in [4.78, 5) is 0. The highest BCUT2D eigenvalue weighted by molar-refractivity contribution is 5.51. The van der Waals surface area contributed by atoms with Gasteiger partial charge in [-0.3, -0.25) is 0 Å². The quantitative estimate of drug-likeness (QED) is 0.282. The van der Waals surface area contributed by atoms with Crippen LogP contribution in [0.3, 0.4) is 0 Å². The standard InChI is InChI=1S/C40H60/c1-24(2)14-13-15-25(3)16-17-39(22-30-20-34(27(39)5)37(30,9)10)40(23-31-21-35(28(40)6)38(31,11)12)33-19-29-18-32(26(33)4)36(29,7)8/h14,16,29-31,33H,13,15,17-23H2,1-12H3/b25-16+. The lowest BCUT2D eigenvalue weighted by Crippen LogP contribution is -2.64. The van der Waals surface area contributed by atoms with Gasteiger partial charge < -0.3 is 0 Å². The summed E-state index contributed by atoms with van der Waals surface area (Å²) < 4.78 is 0. The summed E-state index contributed by atoms with van der Waals surface area (Å²) in [5.41, 5.74) is 15.8. The topological polar surface area (TPSA) is 0 Å². The van der Waals surface area contributed by atoms with E-state index < -0.39 is 0 Å². The molecule has 0 nitrogen and oxygen atoms in total. The second kappa shape index (κ2) is 8.86. The van der Waals surface area contributed by atoms with E-state index >= 15 is 0 Å². The maximum Gasteiger partial charge on any atom is 0.00771 e. The number of hydrogen-bond donors (Lipinski definition) is 0. The average molecular weight is 541 g/mol. The largest absolute Gasteiger partial charge is 0.0856 e. The van der Waals surface area contributed by atoms with E-state index in [1.54, 1.807) is 5.57 Å². The van der Waals surface area contributed by atoms with E-state index in [9.17, 15) is 0 Å². The third-order valence-corrected chi connectivity index (χ3v) is 15.1. The highest BCUT2D eigenvalue weighted by Gasteiger charge is 2.70. The van der Waals surface area contributed by atoms with E-state index in [0.29, 0.717) is 16.2 Å². The Balaban J connectivity index is 1.54. The van der Waals surface area contributed by atoms with Gasteiger partial charge in [-0.2, -0.15) is 0 Å². The van der Waals surface area contributed by atoms with Gasteiger partial charge in [0, 0.05) is 10.8 Å². The molecule has 0 aromatic rings. The zero-order valence-corrected chi connectivity index (χ0v) is 28.3. The van der Waals surface area contributed by atoms with Crippen LogP contribution in [0.5, 0.6) is 0 Å². The molecule has 0 saturated heterocycles. The Hall–Kier alpha value is -1.30. The monoisotopic (exact) mass is 540 g/mol. The molecule has 0 N–H and O–H groups in total. The molecule has 3 fully saturated rings. The van der Waals surface area contributed by atoms with Crippen LogP contribution in [0.1, 0.15) is 141 Å². The first kappa shape index (κ1) is 28.8. The van der Waals surface area contributed by atoms with E-state index in [1.807, 2.05) is 33.4 Å². The molecule has 0 heteroatoms. The molecule has 0 heterocycles. The summed E-state index contributed by atoms with van der Waals surface area (Å²) in [7, 11) is 0. The summed E-state index contributed by atoms with van der Waals surface area (Å²) in [5, 5.41) is 0. The van der Waals surface area contributed by atoms with Gasteiger partial charge in [-0.15, -0.1) is 0 Å². The molecule has 0 aromatic carbocycles. The van der Waals surface area contributed by atoms with Gasteiger partial charge in [0.25, 0.3) is 0 Å². The van der Waals surface area contributed by atoms with E-state index in [0.717, 1.165) is 23.7 Å². The first-order valence-electron chi connectivity index (χ1n) is 16.9. The van der Waals surface area contributed by atoms with Crippen molar-refractivity contribution in [1.82, 2.24) is 0 Å². The minimum atomic E-state index is 0.267. The molecule has 0 amide bonds. The van der Waals surface area contributed by atoms with Crippen molar-refractivity contribution in [2.24, 2.45) is 50.7 Å². The molecule has 220 valence electrons. The summed E-state index contributed by atoms with van der Waals surface area (Å²) in [6.07, 6.45) is 17.2. The summed E-state index contributed by atoms with van der Waals surface area (Å²) in [6, 6.07) is 0. The molecule has 0 aromatic heterocycles. The van der Waals surface area contributed by atoms with Crippen molar-refractivity contribution in [3.63, 3.8) is 0 Å². The minimum absolute atomic E-state index is 0.267. The predicted octanol–water partition coefficient (Wildman–Crippen LogP) is 12.0. The van der Waals surface area contributed by atoms with Crippen molar-refractivity contribution < 1.29 is 0 Å². The van der Waals surface area contributed by atoms with Crippen molar-refractivity contribution in [1.29, 1.82) is 0 Å². The van der Waals surface area contributed by atoms with Gasteiger partial charge in [0.1, 0.15) is 0 Å². The SMILES string of the molecule is CC(C)=CCC/C(C)=C/CC1(C2(C3CC4CC(=C3C)C4(C)C)CC3CC(=C2C)C3(C)C)CC2CC(=C1C)C2(C)C. The van der Waals surface area contributed by atoms with Crippen LogP contribution in [0.15, 0.2) is 56.7 Å². The number of allylic oxidation sites excluding steroid dienone is 10. The number of fused-ring (bicyclic) bond motifs is 8. The third kappa shape index (κ3) is 3.49. The van der Waals surface area contributed by atoms with Gasteiger partial charge in [0.15, 0.2) is 0 Å². The lowest BCUT2D eigenvalue weighted by molar-refractivity contribution is -0.0927. The number of rotatable bonds is 7. The van der Waals surface area contributed by atoms with Gasteiger partial charge in [-0.25, -0.2) is 0 Å². The van der Waals surface area contributed by atoms with E-state index in [4.69, 9.17) is 0 Å². The molecular formula is C40H60. The van der Waals surface area contributed by atoms with Crippen LogP contribution in [0.25, 0.3) is 0 Å². The molecule has 9 rings (SSSR count). The summed E-state index contributed by atoms with van der Waals surface area (Å²) in [6.45, 7) is 30.1. The lowest BCUT2D eigenvalue weighted by atomic mass is 9.31. The fourth-order valence-corrected chi connectivity index (χ4v) is 11.8. The van der Waals surface area contributed by atoms with E-state index in [2.05, 4.69) is 95.2 Å². The average Bonchev–Trinajstić information content (AvgIpc) is 2.87. The molecular weight excluding hydrogens is 480 g/mol. The van der Waals surface area contributed by atoms with Gasteiger partial charge in [0.05, 0.1) is 0 Å². The molecule has 0 radical (unpaired) electrons. The smallest absolute Gasteiger partial charge is 0.00771 e. The summed E-state index contributed by atoms with van der Waals surface area (Å²) >= 11 is 0. The van der Waals surface area contributed by atoms with Crippen LogP contribution in [0.2, 0.25) is 0 Å². The van der Waals surface area contributed by atoms with Crippen molar-refractivity contribution in [3.8, 4) is 0 Å². The van der Waals surface area contributed by atoms with Crippen LogP contribution in [0, 0.1) is 50.7 Å². The summed E-state index contributed by atoms with van der Waals surface area (Å²) in [5.74, 6) is 3.28. The third-order valence-electron chi connectivity index (χ3n) is 15.1. The van der Waals surface area contributed by atoms with Crippen LogP contribution in [-0.4, -0.2) is 0 Å². The molecule has 40 heavy (non-hydrogen) atoms. The normalized spacial score (nSPS) is 40.4. The Morgan fingerprint density at radius 2 is 1.25 bits per heavy atom. The van der Waals surface area contributed by atoms with Crippen molar-refractivity contribution >= 4 is 0 Å². The van der Waals surface area contributed by atoms with Crippen molar-refractivity contribution in [2.45, 2.75) is 141 Å². The molecule has 6 atom stereocenters. The van der Waals surface area contributed by atoms with Gasteiger partial charge in [-0.1, -0.05) is 98.3 Å². The Bertz CT molecular complexity index is 1280. The Labute approximate surface area is 247 Å². The fraction of sp³-hybridized carbons (Fsp3) is 0.750. The Morgan fingerprint density at radius 1 is 0.700 bits per heavy atom.